The quantitative estimate of drug-likeness (QED) is 0.603. The highest BCUT2D eigenvalue weighted by Gasteiger charge is 2.10. The topological polar surface area (TPSA) is 12.0 Å². The third kappa shape index (κ3) is 7.03. The molecule has 19 heavy (non-hydrogen) atoms. The van der Waals surface area contributed by atoms with Crippen LogP contribution in [0.3, 0.4) is 0 Å². The molecule has 0 amide bonds. The van der Waals surface area contributed by atoms with Crippen LogP contribution < -0.4 is 4.72 Å². The third-order valence-electron chi connectivity index (χ3n) is 3.34. The number of nitrogens with one attached hydrogen (secondary N) is 1. The Hall–Kier alpha value is -0.470. The molecule has 108 valence electrons. The second-order valence-electron chi connectivity index (χ2n) is 5.69. The van der Waals surface area contributed by atoms with Crippen molar-refractivity contribution in [2.24, 2.45) is 5.92 Å². The molecule has 0 aliphatic carbocycles. The molecule has 0 radical (unpaired) electrons. The van der Waals surface area contributed by atoms with Gasteiger partial charge in [0.15, 0.2) is 0 Å². The SMILES string of the molecule is CCCCC(CC(C)C)NSc1ccc(CC)cc1. The number of hydrogen-bond donors (Lipinski definition) is 1. The second kappa shape index (κ2) is 9.44. The third-order valence-corrected chi connectivity index (χ3v) is 4.30. The maximum atomic E-state index is 3.66. The fourth-order valence-electron chi connectivity index (χ4n) is 2.19. The van der Waals surface area contributed by atoms with Crippen LogP contribution in [0.15, 0.2) is 29.2 Å². The molecule has 1 aromatic rings. The van der Waals surface area contributed by atoms with Crippen molar-refractivity contribution in [3.63, 3.8) is 0 Å². The average molecular weight is 279 g/mol. The van der Waals surface area contributed by atoms with Crippen LogP contribution >= 0.6 is 11.9 Å². The normalized spacial score (nSPS) is 12.9. The van der Waals surface area contributed by atoms with Crippen molar-refractivity contribution in [1.82, 2.24) is 4.72 Å². The van der Waals surface area contributed by atoms with Crippen LogP contribution in [-0.2, 0) is 6.42 Å². The maximum absolute atomic E-state index is 3.66. The first kappa shape index (κ1) is 16.6. The van der Waals surface area contributed by atoms with Crippen LogP contribution in [0.25, 0.3) is 0 Å². The molecule has 1 unspecified atom stereocenters. The molecule has 0 bridgehead atoms. The van der Waals surface area contributed by atoms with Crippen LogP contribution in [0.4, 0.5) is 0 Å². The number of unbranched alkanes of at least 4 members (excludes halogenated alkanes) is 1. The van der Waals surface area contributed by atoms with Crippen LogP contribution in [0.5, 0.6) is 0 Å². The second-order valence-corrected chi connectivity index (χ2v) is 6.60. The standard InChI is InChI=1S/C17H29NS/c1-5-7-8-16(13-14(3)4)18-19-17-11-9-15(6-2)10-12-17/h9-12,14,16,18H,5-8,13H2,1-4H3. The van der Waals surface area contributed by atoms with E-state index in [2.05, 4.69) is 56.7 Å². The van der Waals surface area contributed by atoms with Crippen LogP contribution in [0.2, 0.25) is 0 Å². The largest absolute Gasteiger partial charge is 0.257 e. The first-order valence-corrected chi connectivity index (χ1v) is 8.48. The van der Waals surface area contributed by atoms with E-state index in [1.807, 2.05) is 0 Å². The molecule has 0 aliphatic rings. The Balaban J connectivity index is 2.44. The molecular weight excluding hydrogens is 250 g/mol. The molecule has 1 N–H and O–H groups in total. The number of rotatable bonds is 9. The van der Waals surface area contributed by atoms with Crippen LogP contribution in [0.1, 0.15) is 58.9 Å². The van der Waals surface area contributed by atoms with Crippen molar-refractivity contribution in [1.29, 1.82) is 0 Å². The van der Waals surface area contributed by atoms with Crippen molar-refractivity contribution in [2.45, 2.75) is 70.7 Å². The Morgan fingerprint density at radius 2 is 1.79 bits per heavy atom. The predicted octanol–water partition coefficient (Wildman–Crippen LogP) is 5.45. The lowest BCUT2D eigenvalue weighted by Gasteiger charge is -2.19. The average Bonchev–Trinajstić information content (AvgIpc) is 2.42. The lowest BCUT2D eigenvalue weighted by Crippen LogP contribution is -2.24. The molecule has 0 heterocycles. The van der Waals surface area contributed by atoms with E-state index in [4.69, 9.17) is 0 Å². The molecule has 0 aliphatic heterocycles. The maximum Gasteiger partial charge on any atom is 0.0228 e. The van der Waals surface area contributed by atoms with Gasteiger partial charge in [0.25, 0.3) is 0 Å². The predicted molar refractivity (Wildman–Crippen MR) is 87.6 cm³/mol. The van der Waals surface area contributed by atoms with E-state index in [0.717, 1.165) is 12.3 Å². The van der Waals surface area contributed by atoms with Crippen molar-refractivity contribution in [3.8, 4) is 0 Å². The Morgan fingerprint density at radius 1 is 1.11 bits per heavy atom. The minimum absolute atomic E-state index is 0.635. The minimum atomic E-state index is 0.635. The summed E-state index contributed by atoms with van der Waals surface area (Å²) >= 11 is 1.79. The summed E-state index contributed by atoms with van der Waals surface area (Å²) in [7, 11) is 0. The Bertz CT molecular complexity index is 332. The van der Waals surface area contributed by atoms with Crippen molar-refractivity contribution >= 4 is 11.9 Å². The van der Waals surface area contributed by atoms with Crippen LogP contribution in [-0.4, -0.2) is 6.04 Å². The molecule has 2 heteroatoms. The van der Waals surface area contributed by atoms with Gasteiger partial charge in [0.2, 0.25) is 0 Å². The van der Waals surface area contributed by atoms with E-state index in [9.17, 15) is 0 Å². The van der Waals surface area contributed by atoms with Gasteiger partial charge in [0, 0.05) is 10.9 Å². The van der Waals surface area contributed by atoms with Crippen molar-refractivity contribution in [3.05, 3.63) is 29.8 Å². The summed E-state index contributed by atoms with van der Waals surface area (Å²) in [6, 6.07) is 9.54. The smallest absolute Gasteiger partial charge is 0.0228 e. The van der Waals surface area contributed by atoms with E-state index in [1.54, 1.807) is 11.9 Å². The van der Waals surface area contributed by atoms with Gasteiger partial charge in [-0.05, 0) is 54.8 Å². The molecule has 1 atom stereocenters. The molecule has 1 aromatic carbocycles. The first-order chi connectivity index (χ1) is 9.15. The summed E-state index contributed by atoms with van der Waals surface area (Å²) < 4.78 is 3.66. The molecular formula is C17H29NS. The molecule has 1 rings (SSSR count). The summed E-state index contributed by atoms with van der Waals surface area (Å²) in [6.45, 7) is 9.08. The Labute approximate surface area is 123 Å². The van der Waals surface area contributed by atoms with Crippen LogP contribution in [0, 0.1) is 5.92 Å². The van der Waals surface area contributed by atoms with Gasteiger partial charge in [0.1, 0.15) is 0 Å². The highest BCUT2D eigenvalue weighted by molar-refractivity contribution is 7.97. The molecule has 0 saturated heterocycles. The minimum Gasteiger partial charge on any atom is -0.257 e. The first-order valence-electron chi connectivity index (χ1n) is 7.67. The molecule has 0 aromatic heterocycles. The van der Waals surface area contributed by atoms with E-state index in [-0.39, 0.29) is 0 Å². The molecule has 0 saturated carbocycles. The summed E-state index contributed by atoms with van der Waals surface area (Å²) in [5.74, 6) is 0.762. The van der Waals surface area contributed by atoms with Gasteiger partial charge in [-0.25, -0.2) is 0 Å². The van der Waals surface area contributed by atoms with Gasteiger partial charge in [-0.3, -0.25) is 4.72 Å². The summed E-state index contributed by atoms with van der Waals surface area (Å²) in [4.78, 5) is 1.32. The Kier molecular flexibility index (Phi) is 8.24. The van der Waals surface area contributed by atoms with E-state index < -0.39 is 0 Å². The van der Waals surface area contributed by atoms with Crippen molar-refractivity contribution < 1.29 is 0 Å². The zero-order valence-electron chi connectivity index (χ0n) is 12.9. The summed E-state index contributed by atoms with van der Waals surface area (Å²) in [5.41, 5.74) is 1.41. The number of hydrogen-bond acceptors (Lipinski definition) is 2. The Morgan fingerprint density at radius 3 is 2.32 bits per heavy atom. The fourth-order valence-corrected chi connectivity index (χ4v) is 2.98. The van der Waals surface area contributed by atoms with Gasteiger partial charge in [-0.2, -0.15) is 0 Å². The summed E-state index contributed by atoms with van der Waals surface area (Å²) in [6.07, 6.45) is 6.27. The lowest BCUT2D eigenvalue weighted by atomic mass is 10.0. The monoisotopic (exact) mass is 279 g/mol. The molecule has 0 spiro atoms. The molecule has 0 fully saturated rings. The van der Waals surface area contributed by atoms with Gasteiger partial charge in [-0.1, -0.05) is 52.7 Å². The fraction of sp³-hybridized carbons (Fsp3) is 0.647. The van der Waals surface area contributed by atoms with E-state index in [1.165, 1.54) is 36.1 Å². The number of benzene rings is 1. The van der Waals surface area contributed by atoms with E-state index >= 15 is 0 Å². The molecule has 1 nitrogen and oxygen atoms in total. The zero-order valence-corrected chi connectivity index (χ0v) is 13.7. The van der Waals surface area contributed by atoms with Gasteiger partial charge in [0.05, 0.1) is 0 Å². The number of aryl methyl sites for hydroxylation is 1. The van der Waals surface area contributed by atoms with Crippen molar-refractivity contribution in [2.75, 3.05) is 0 Å². The van der Waals surface area contributed by atoms with Gasteiger partial charge < -0.3 is 0 Å². The van der Waals surface area contributed by atoms with Gasteiger partial charge in [-0.15, -0.1) is 0 Å². The lowest BCUT2D eigenvalue weighted by molar-refractivity contribution is 0.442. The van der Waals surface area contributed by atoms with Gasteiger partial charge >= 0.3 is 0 Å². The highest BCUT2D eigenvalue weighted by atomic mass is 32.2. The zero-order chi connectivity index (χ0) is 14.1. The van der Waals surface area contributed by atoms with E-state index in [0.29, 0.717) is 6.04 Å². The highest BCUT2D eigenvalue weighted by Crippen LogP contribution is 2.20. The summed E-state index contributed by atoms with van der Waals surface area (Å²) in [5, 5.41) is 0.